The predicted octanol–water partition coefficient (Wildman–Crippen LogP) is 0.408. The fraction of sp³-hybridized carbons (Fsp3) is 0.625. The molecule has 1 N–H and O–H groups in total. The average molecular weight is 170 g/mol. The van der Waals surface area contributed by atoms with Crippen LogP contribution in [0.1, 0.15) is 11.4 Å². The van der Waals surface area contributed by atoms with Crippen molar-refractivity contribution in [1.82, 2.24) is 9.78 Å². The molecule has 1 rings (SSSR count). The van der Waals surface area contributed by atoms with Crippen LogP contribution in [-0.4, -0.2) is 28.1 Å². The molecule has 1 aromatic rings. The van der Waals surface area contributed by atoms with Gasteiger partial charge >= 0.3 is 0 Å². The van der Waals surface area contributed by atoms with Gasteiger partial charge in [0, 0.05) is 7.05 Å². The molecule has 0 bridgehead atoms. The van der Waals surface area contributed by atoms with Crippen molar-refractivity contribution in [2.24, 2.45) is 7.05 Å². The molecule has 4 heteroatoms. The van der Waals surface area contributed by atoms with E-state index in [9.17, 15) is 0 Å². The maximum Gasteiger partial charge on any atom is 0.163 e. The Labute approximate surface area is 71.8 Å². The first-order chi connectivity index (χ1) is 5.66. The third-order valence-corrected chi connectivity index (χ3v) is 1.78. The smallest absolute Gasteiger partial charge is 0.163 e. The van der Waals surface area contributed by atoms with Crippen molar-refractivity contribution in [2.75, 3.05) is 13.2 Å². The van der Waals surface area contributed by atoms with Crippen LogP contribution in [0.4, 0.5) is 0 Å². The molecule has 0 aliphatic heterocycles. The molecule has 0 saturated carbocycles. The molecule has 0 aromatic carbocycles. The number of rotatable bonds is 3. The molecule has 1 aromatic heterocycles. The van der Waals surface area contributed by atoms with Gasteiger partial charge in [-0.1, -0.05) is 0 Å². The van der Waals surface area contributed by atoms with E-state index in [1.54, 1.807) is 4.68 Å². The normalized spacial score (nSPS) is 10.3. The first kappa shape index (κ1) is 9.06. The lowest BCUT2D eigenvalue weighted by Crippen LogP contribution is -2.03. The largest absolute Gasteiger partial charge is 0.487 e. The molecular formula is C8H14N2O2. The zero-order valence-electron chi connectivity index (χ0n) is 7.66. The number of hydrogen-bond acceptors (Lipinski definition) is 3. The first-order valence-corrected chi connectivity index (χ1v) is 3.90. The summed E-state index contributed by atoms with van der Waals surface area (Å²) in [5, 5.41) is 12.7. The monoisotopic (exact) mass is 170 g/mol. The molecule has 68 valence electrons. The SMILES string of the molecule is Cc1nn(C)c(C)c1OCCO. The fourth-order valence-electron chi connectivity index (χ4n) is 1.11. The van der Waals surface area contributed by atoms with E-state index in [1.165, 1.54) is 0 Å². The number of aromatic nitrogens is 2. The molecule has 0 aliphatic carbocycles. The third kappa shape index (κ3) is 1.58. The van der Waals surface area contributed by atoms with Crippen LogP contribution in [0.5, 0.6) is 5.75 Å². The van der Waals surface area contributed by atoms with Gasteiger partial charge in [0.05, 0.1) is 12.3 Å². The molecule has 0 aliphatic rings. The van der Waals surface area contributed by atoms with Crippen molar-refractivity contribution < 1.29 is 9.84 Å². The second kappa shape index (κ2) is 3.58. The highest BCUT2D eigenvalue weighted by atomic mass is 16.5. The van der Waals surface area contributed by atoms with E-state index < -0.39 is 0 Å². The standard InChI is InChI=1S/C8H14N2O2/c1-6-8(12-5-4-11)7(2)10(3)9-6/h11H,4-5H2,1-3H3. The van der Waals surface area contributed by atoms with Gasteiger partial charge in [0.1, 0.15) is 12.3 Å². The van der Waals surface area contributed by atoms with E-state index in [0.29, 0.717) is 6.61 Å². The molecule has 12 heavy (non-hydrogen) atoms. The number of aliphatic hydroxyl groups excluding tert-OH is 1. The molecule has 0 unspecified atom stereocenters. The highest BCUT2D eigenvalue weighted by Crippen LogP contribution is 2.20. The van der Waals surface area contributed by atoms with Crippen LogP contribution >= 0.6 is 0 Å². The van der Waals surface area contributed by atoms with Gasteiger partial charge in [-0.15, -0.1) is 0 Å². The summed E-state index contributed by atoms with van der Waals surface area (Å²) >= 11 is 0. The van der Waals surface area contributed by atoms with Gasteiger partial charge in [-0.3, -0.25) is 4.68 Å². The van der Waals surface area contributed by atoms with Crippen LogP contribution in [0.3, 0.4) is 0 Å². The predicted molar refractivity (Wildman–Crippen MR) is 45.3 cm³/mol. The van der Waals surface area contributed by atoms with Crippen molar-refractivity contribution in [3.63, 3.8) is 0 Å². The lowest BCUT2D eigenvalue weighted by molar-refractivity contribution is 0.200. The number of aryl methyl sites for hydroxylation is 2. The molecular weight excluding hydrogens is 156 g/mol. The van der Waals surface area contributed by atoms with Crippen LogP contribution < -0.4 is 4.74 Å². The Bertz CT molecular complexity index is 268. The lowest BCUT2D eigenvalue weighted by Gasteiger charge is -2.03. The van der Waals surface area contributed by atoms with E-state index in [2.05, 4.69) is 5.10 Å². The second-order valence-electron chi connectivity index (χ2n) is 2.70. The van der Waals surface area contributed by atoms with Crippen LogP contribution in [0, 0.1) is 13.8 Å². The van der Waals surface area contributed by atoms with Crippen molar-refractivity contribution in [2.45, 2.75) is 13.8 Å². The maximum atomic E-state index is 8.56. The topological polar surface area (TPSA) is 47.3 Å². The zero-order chi connectivity index (χ0) is 9.14. The summed E-state index contributed by atoms with van der Waals surface area (Å²) in [6.07, 6.45) is 0. The lowest BCUT2D eigenvalue weighted by atomic mass is 10.3. The molecule has 0 fully saturated rings. The number of hydrogen-bond donors (Lipinski definition) is 1. The Morgan fingerprint density at radius 3 is 2.58 bits per heavy atom. The van der Waals surface area contributed by atoms with Crippen LogP contribution in [-0.2, 0) is 7.05 Å². The summed E-state index contributed by atoms with van der Waals surface area (Å²) in [7, 11) is 1.87. The van der Waals surface area contributed by atoms with E-state index in [4.69, 9.17) is 9.84 Å². The molecule has 0 spiro atoms. The van der Waals surface area contributed by atoms with E-state index in [0.717, 1.165) is 17.1 Å². The Morgan fingerprint density at radius 2 is 2.17 bits per heavy atom. The summed E-state index contributed by atoms with van der Waals surface area (Å²) in [5.74, 6) is 0.784. The zero-order valence-corrected chi connectivity index (χ0v) is 7.66. The molecule has 0 radical (unpaired) electrons. The molecule has 0 atom stereocenters. The van der Waals surface area contributed by atoms with Crippen molar-refractivity contribution >= 4 is 0 Å². The third-order valence-electron chi connectivity index (χ3n) is 1.78. The maximum absolute atomic E-state index is 8.56. The highest BCUT2D eigenvalue weighted by Gasteiger charge is 2.09. The van der Waals surface area contributed by atoms with E-state index in [1.807, 2.05) is 20.9 Å². The van der Waals surface area contributed by atoms with Gasteiger partial charge in [0.25, 0.3) is 0 Å². The summed E-state index contributed by atoms with van der Waals surface area (Å²) in [6, 6.07) is 0. The van der Waals surface area contributed by atoms with Gasteiger partial charge in [0.2, 0.25) is 0 Å². The Morgan fingerprint density at radius 1 is 1.50 bits per heavy atom. The molecule has 0 amide bonds. The van der Waals surface area contributed by atoms with Gasteiger partial charge in [-0.2, -0.15) is 5.10 Å². The van der Waals surface area contributed by atoms with Gasteiger partial charge < -0.3 is 9.84 Å². The molecule has 4 nitrogen and oxygen atoms in total. The minimum Gasteiger partial charge on any atom is -0.487 e. The van der Waals surface area contributed by atoms with Crippen LogP contribution in [0.15, 0.2) is 0 Å². The first-order valence-electron chi connectivity index (χ1n) is 3.90. The van der Waals surface area contributed by atoms with Gasteiger partial charge in [-0.05, 0) is 13.8 Å². The number of aliphatic hydroxyl groups is 1. The van der Waals surface area contributed by atoms with Crippen LogP contribution in [0.2, 0.25) is 0 Å². The van der Waals surface area contributed by atoms with Crippen molar-refractivity contribution in [3.8, 4) is 5.75 Å². The quantitative estimate of drug-likeness (QED) is 0.714. The average Bonchev–Trinajstić information content (AvgIpc) is 2.25. The summed E-state index contributed by atoms with van der Waals surface area (Å²) in [6.45, 7) is 4.19. The summed E-state index contributed by atoms with van der Waals surface area (Å²) in [5.41, 5.74) is 1.85. The minimum absolute atomic E-state index is 0.0355. The Hall–Kier alpha value is -1.03. The highest BCUT2D eigenvalue weighted by molar-refractivity contribution is 5.31. The molecule has 0 saturated heterocycles. The van der Waals surface area contributed by atoms with E-state index >= 15 is 0 Å². The van der Waals surface area contributed by atoms with E-state index in [-0.39, 0.29) is 6.61 Å². The van der Waals surface area contributed by atoms with Gasteiger partial charge in [0.15, 0.2) is 5.75 Å². The Kier molecular flexibility index (Phi) is 2.70. The minimum atomic E-state index is 0.0355. The van der Waals surface area contributed by atoms with Crippen molar-refractivity contribution in [3.05, 3.63) is 11.4 Å². The second-order valence-corrected chi connectivity index (χ2v) is 2.70. The van der Waals surface area contributed by atoms with Crippen LogP contribution in [0.25, 0.3) is 0 Å². The summed E-state index contributed by atoms with van der Waals surface area (Å²) < 4.78 is 7.07. The van der Waals surface area contributed by atoms with Crippen molar-refractivity contribution in [1.29, 1.82) is 0 Å². The fourth-order valence-corrected chi connectivity index (χ4v) is 1.11. The number of nitrogens with zero attached hydrogens (tertiary/aromatic N) is 2. The summed E-state index contributed by atoms with van der Waals surface area (Å²) in [4.78, 5) is 0. The molecule has 1 heterocycles. The number of ether oxygens (including phenoxy) is 1. The van der Waals surface area contributed by atoms with Gasteiger partial charge in [-0.25, -0.2) is 0 Å². The Balaban J connectivity index is 2.82.